The van der Waals surface area contributed by atoms with Gasteiger partial charge in [0.25, 0.3) is 34.3 Å². The van der Waals surface area contributed by atoms with Crippen LogP contribution in [0.3, 0.4) is 0 Å². The Hall–Kier alpha value is -7.33. The number of rotatable bonds is 26. The van der Waals surface area contributed by atoms with E-state index in [1.165, 1.54) is 42.2 Å². The number of fused-ring (bicyclic) bond motifs is 5. The van der Waals surface area contributed by atoms with Gasteiger partial charge in [0.2, 0.25) is 0 Å². The van der Waals surface area contributed by atoms with Crippen LogP contribution >= 0.6 is 0 Å². The van der Waals surface area contributed by atoms with E-state index in [1.54, 1.807) is 0 Å². The summed E-state index contributed by atoms with van der Waals surface area (Å²) in [6.07, 6.45) is -19.3. The number of Topliss-reactive ketones (excluding diaryl/α,β-unsaturated/α-hetero) is 2. The van der Waals surface area contributed by atoms with E-state index in [-0.39, 0.29) is 242 Å². The monoisotopic (exact) mass is 1580 g/mol. The molecular formula is C67H102K2N20O18. The first-order valence-corrected chi connectivity index (χ1v) is 30.9. The van der Waals surface area contributed by atoms with Crippen molar-refractivity contribution < 1.29 is 187 Å². The third-order valence-corrected chi connectivity index (χ3v) is 14.8. The Kier molecular flexibility index (Phi) is 23.5. The Bertz CT molecular complexity index is 6400. The van der Waals surface area contributed by atoms with E-state index in [0.29, 0.717) is 42.1 Å². The van der Waals surface area contributed by atoms with Crippen molar-refractivity contribution in [1.29, 1.82) is 0 Å². The molecule has 38 nitrogen and oxygen atoms in total. The zero-order valence-corrected chi connectivity index (χ0v) is 66.0. The van der Waals surface area contributed by atoms with Crippen LogP contribution in [0.1, 0.15) is 182 Å². The number of ketones is 2. The van der Waals surface area contributed by atoms with E-state index in [1.807, 2.05) is 0 Å². The molecule has 10 aromatic heterocycles. The van der Waals surface area contributed by atoms with E-state index in [4.69, 9.17) is 52.5 Å². The van der Waals surface area contributed by atoms with Gasteiger partial charge in [-0.3, -0.25) is 74.4 Å². The minimum Gasteiger partial charge on any atom is -1.00 e. The fourth-order valence-corrected chi connectivity index (χ4v) is 9.71. The Morgan fingerprint density at radius 3 is 0.832 bits per heavy atom. The number of carbonyl (C=O) groups excluding carboxylic acids is 3. The second-order valence-corrected chi connectivity index (χ2v) is 22.4. The predicted octanol–water partition coefficient (Wildman–Crippen LogP) is -6.47. The normalized spacial score (nSPS) is 17.9. The molecule has 10 aromatic rings. The molecule has 0 spiro atoms. The van der Waals surface area contributed by atoms with Crippen LogP contribution in [-0.2, 0) is 122 Å². The van der Waals surface area contributed by atoms with Crippen molar-refractivity contribution in [2.75, 3.05) is 0 Å². The van der Waals surface area contributed by atoms with Gasteiger partial charge in [0.15, 0.2) is 55.8 Å². The molecule has 0 aliphatic rings. The van der Waals surface area contributed by atoms with Crippen molar-refractivity contribution in [2.45, 2.75) is 189 Å². The van der Waals surface area contributed by atoms with Crippen LogP contribution in [-0.4, -0.2) is 145 Å². The van der Waals surface area contributed by atoms with Crippen LogP contribution in [0, 0.1) is 0 Å². The summed E-state index contributed by atoms with van der Waals surface area (Å²) >= 11 is 0. The molecule has 40 heteroatoms. The Morgan fingerprint density at radius 1 is 0.449 bits per heavy atom. The summed E-state index contributed by atoms with van der Waals surface area (Å²) in [5.74, 6) is -0.641. The van der Waals surface area contributed by atoms with Crippen molar-refractivity contribution in [3.05, 3.63) is 136 Å². The SMILES string of the molecule is C.O=CO[O-].[2H]c1nc2c(c(=O)n(CCCC([2H])([2H])C(C)=O)c(=O)n2C)n1C([2H])([2H])[2H].[2H]c1nc2c(c(=O)n(CCCC([2H])([2H])C([2H])(C)O)c(=O)n2C)n1C([2H])([2H])[2H].[2H]c1nc2c(c(=O)n(CCCC([2H])([2H])[C@@]([2H])(C)O)c(=O)n2C)n1C([2H])([2H])[2H].[2H]c1nc2c(c(=O)n(CCCC([2H])([2H])[C@]([2H])(C)O)c(=O)n2C)n1C([2H])([2H])[2H].[2H]c1nc2c(c(=O)n(CCCCC(C)=O)c(=O)n2C)n1C([2H])([2H])[2H].[H-].[K+].[K+]. The molecule has 3 atom stereocenters. The largest absolute Gasteiger partial charge is 1.00 e. The zero-order chi connectivity index (χ0) is 105. The molecule has 0 radical (unpaired) electrons. The number of aromatic nitrogens is 20. The van der Waals surface area contributed by atoms with Gasteiger partial charge >= 0.3 is 131 Å². The molecule has 0 aliphatic carbocycles. The van der Waals surface area contributed by atoms with E-state index in [0.717, 1.165) is 73.4 Å². The van der Waals surface area contributed by atoms with Gasteiger partial charge in [-0.1, -0.05) is 7.43 Å². The smallest absolute Gasteiger partial charge is 1.00 e. The molecule has 0 amide bonds. The molecule has 10 heterocycles. The summed E-state index contributed by atoms with van der Waals surface area (Å²) in [4.78, 5) is 177. The number of carbonyl (C=O) groups is 3. The summed E-state index contributed by atoms with van der Waals surface area (Å²) in [5, 5.41) is 37.0. The minimum atomic E-state index is -2.85. The molecule has 3 N–H and O–H groups in total. The Morgan fingerprint density at radius 2 is 0.654 bits per heavy atom. The van der Waals surface area contributed by atoms with Crippen molar-refractivity contribution in [2.24, 2.45) is 70.1 Å². The Balaban J connectivity index is 0.000000854. The van der Waals surface area contributed by atoms with Crippen molar-refractivity contribution in [3.8, 4) is 0 Å². The fourth-order valence-electron chi connectivity index (χ4n) is 9.71. The quantitative estimate of drug-likeness (QED) is 0.0149. The van der Waals surface area contributed by atoms with E-state index in [9.17, 15) is 72.9 Å². The first-order valence-electron chi connectivity index (χ1n) is 46.4. The standard InChI is InChI=1S/3C13H20N4O3.2C13H18N4O3.CH2O3.CH4.2K.H/c5*1-9(18)6-4-5-7-17-12(19)10-11(14-8-15(10)2)16(3)13(17)20;2-1-4-3;;;;/h3*8-9,18H,4-7H2,1-3H3;2*8H,4-7H2,1-3H3;1,3H;1H4;;;/q;;;;;;;2*+1;-1/p-1/t2*9-;;;;;;;;/m10......../s1/i3*2D3,6D2,8D,9D;2D3,6D2,8D;2D3,8D;;;;;. The van der Waals surface area contributed by atoms with Gasteiger partial charge in [-0.25, -0.2) is 48.9 Å². The molecule has 580 valence electrons. The molecule has 0 bridgehead atoms. The van der Waals surface area contributed by atoms with E-state index >= 15 is 0 Å². The second kappa shape index (κ2) is 45.0. The number of hydrogen-bond acceptors (Lipinski definition) is 23. The first-order chi connectivity index (χ1) is 61.0. The summed E-state index contributed by atoms with van der Waals surface area (Å²) in [6.45, 7) is -9.64. The number of unbranched alkanes of at least 4 members (excludes halogenated alkanes) is 1. The summed E-state index contributed by atoms with van der Waals surface area (Å²) < 4.78 is 246. The average molecular weight is 1590 g/mol. The second-order valence-electron chi connectivity index (χ2n) is 22.4. The molecule has 0 aromatic carbocycles. The van der Waals surface area contributed by atoms with Gasteiger partial charge < -0.3 is 59.3 Å². The maximum absolute atomic E-state index is 12.7. The van der Waals surface area contributed by atoms with Gasteiger partial charge in [0.1, 0.15) is 18.4 Å². The van der Waals surface area contributed by atoms with Crippen LogP contribution < -0.4 is 164 Å². The van der Waals surface area contributed by atoms with Crippen molar-refractivity contribution in [1.82, 2.24) is 93.4 Å². The number of aryl methyl sites for hydroxylation is 10. The van der Waals surface area contributed by atoms with Gasteiger partial charge in [-0.05, 0) is 118 Å². The van der Waals surface area contributed by atoms with Crippen LogP contribution in [0.4, 0.5) is 0 Å². The average Bonchev–Trinajstić information content (AvgIpc) is 1.62. The summed E-state index contributed by atoms with van der Waals surface area (Å²) in [6, 6.07) is 0. The number of nitrogens with zero attached hydrogens (tertiary/aromatic N) is 20. The van der Waals surface area contributed by atoms with Crippen molar-refractivity contribution >= 4 is 73.9 Å². The molecule has 0 fully saturated rings. The molecule has 1 unspecified atom stereocenters. The molecule has 10 rings (SSSR count). The third kappa shape index (κ3) is 24.6. The molecule has 0 aliphatic heterocycles. The first kappa shape index (κ1) is 56.0. The fraction of sp³-hybridized carbons (Fsp3) is 0.582. The van der Waals surface area contributed by atoms with Crippen LogP contribution in [0.25, 0.3) is 55.8 Å². The number of hydrogen-bond donors (Lipinski definition) is 3. The zero-order valence-electron chi connectivity index (χ0n) is 91.8. The van der Waals surface area contributed by atoms with Gasteiger partial charge in [0, 0.05) is 147 Å². The van der Waals surface area contributed by atoms with Crippen LogP contribution in [0.2, 0.25) is 0 Å². The molecule has 0 saturated carbocycles. The molecular weight excluding hydrogens is 1450 g/mol. The number of aliphatic hydroxyl groups is 3. The Labute approximate surface area is 743 Å². The van der Waals surface area contributed by atoms with Gasteiger partial charge in [0.05, 0.1) is 53.9 Å². The van der Waals surface area contributed by atoms with Crippen LogP contribution in [0.5, 0.6) is 0 Å². The summed E-state index contributed by atoms with van der Waals surface area (Å²) in [7, 11) is 6.51. The third-order valence-electron chi connectivity index (χ3n) is 14.8. The topological polar surface area (TPSA) is 453 Å². The van der Waals surface area contributed by atoms with E-state index in [2.05, 4.69) is 29.8 Å². The molecule has 107 heavy (non-hydrogen) atoms. The van der Waals surface area contributed by atoms with E-state index < -0.39 is 194 Å². The minimum absolute atomic E-state index is 0. The maximum atomic E-state index is 12.7. The van der Waals surface area contributed by atoms with Gasteiger partial charge in [-0.2, -0.15) is 0 Å². The van der Waals surface area contributed by atoms with Gasteiger partial charge in [-0.15, -0.1) is 0 Å². The molecule has 0 saturated heterocycles. The van der Waals surface area contributed by atoms with Crippen molar-refractivity contribution in [3.63, 3.8) is 0 Å². The predicted molar refractivity (Wildman–Crippen MR) is 392 cm³/mol. The number of imidazole rings is 5. The maximum Gasteiger partial charge on any atom is 1.00 e. The van der Waals surface area contributed by atoms with Crippen LogP contribution in [0.15, 0.2) is 79.5 Å². The summed E-state index contributed by atoms with van der Waals surface area (Å²) in [5.41, 5.74) is -11.3.